The highest BCUT2D eigenvalue weighted by Crippen LogP contribution is 2.76. The summed E-state index contributed by atoms with van der Waals surface area (Å²) in [6.45, 7) is 21.2. The van der Waals surface area contributed by atoms with Crippen molar-refractivity contribution in [2.45, 2.75) is 126 Å². The third-order valence-electron chi connectivity index (χ3n) is 13.7. The zero-order chi connectivity index (χ0) is 25.8. The number of ether oxygens (including phenoxy) is 1. The number of esters is 1. The first-order valence-corrected chi connectivity index (χ1v) is 14.6. The van der Waals surface area contributed by atoms with E-state index in [-0.39, 0.29) is 45.8 Å². The number of aliphatic hydroxyl groups excluding tert-OH is 1. The van der Waals surface area contributed by atoms with Crippen LogP contribution >= 0.6 is 0 Å². The third kappa shape index (κ3) is 3.28. The van der Waals surface area contributed by atoms with Crippen LogP contribution in [-0.4, -0.2) is 23.3 Å². The molecule has 11 atom stereocenters. The van der Waals surface area contributed by atoms with Crippen LogP contribution in [0.15, 0.2) is 11.6 Å². The van der Waals surface area contributed by atoms with Crippen molar-refractivity contribution in [2.24, 2.45) is 56.7 Å². The molecule has 0 bridgehead atoms. The van der Waals surface area contributed by atoms with Crippen molar-refractivity contribution in [1.82, 2.24) is 0 Å². The molecule has 0 unspecified atom stereocenters. The Hall–Kier alpha value is -0.830. The van der Waals surface area contributed by atoms with Crippen LogP contribution in [0, 0.1) is 56.7 Å². The highest BCUT2D eigenvalue weighted by Gasteiger charge is 2.71. The molecule has 1 N–H and O–H groups in total. The van der Waals surface area contributed by atoms with Gasteiger partial charge in [0.1, 0.15) is 6.10 Å². The molecule has 0 radical (unpaired) electrons. The lowest BCUT2D eigenvalue weighted by molar-refractivity contribution is -0.278. The molecule has 5 aliphatic rings. The van der Waals surface area contributed by atoms with Crippen LogP contribution in [0.25, 0.3) is 0 Å². The first-order valence-electron chi connectivity index (χ1n) is 14.6. The molecule has 3 nitrogen and oxygen atoms in total. The molecular weight excluding hydrogens is 432 g/mol. The number of hydrogen-bond donors (Lipinski definition) is 1. The van der Waals surface area contributed by atoms with Crippen molar-refractivity contribution in [3.05, 3.63) is 11.6 Å². The number of aliphatic hydroxyl groups is 1. The molecular formula is C32H52O3. The zero-order valence-electron chi connectivity index (χ0n) is 24.0. The van der Waals surface area contributed by atoms with Crippen LogP contribution < -0.4 is 0 Å². The molecule has 3 heteroatoms. The molecule has 0 aromatic carbocycles. The number of rotatable bonds is 1. The van der Waals surface area contributed by atoms with Gasteiger partial charge in [0.05, 0.1) is 6.10 Å². The Morgan fingerprint density at radius 1 is 1.00 bits per heavy atom. The summed E-state index contributed by atoms with van der Waals surface area (Å²) in [5, 5.41) is 12.0. The Kier molecular flexibility index (Phi) is 5.78. The fourth-order valence-electron chi connectivity index (χ4n) is 11.8. The minimum Gasteiger partial charge on any atom is -0.462 e. The predicted molar refractivity (Wildman–Crippen MR) is 142 cm³/mol. The van der Waals surface area contributed by atoms with Gasteiger partial charge in [0.15, 0.2) is 0 Å². The SMILES string of the molecule is CC(=O)O[C@@H]1CC[C@@]2(C)[C@H]([C@H](O)C[C@]3(C)[C@@H]2CC[C@@H]2[C@@H]4[C@H](C)C(C)=CC[C@]4(C)CC[C@]23C)C1(C)C. The van der Waals surface area contributed by atoms with Gasteiger partial charge < -0.3 is 9.84 Å². The number of fused-ring (bicyclic) bond motifs is 7. The minimum absolute atomic E-state index is 0.0787. The van der Waals surface area contributed by atoms with Crippen molar-refractivity contribution in [2.75, 3.05) is 0 Å². The van der Waals surface area contributed by atoms with Crippen LogP contribution in [0.1, 0.15) is 114 Å². The predicted octanol–water partition coefficient (Wildman–Crippen LogP) is 7.57. The van der Waals surface area contributed by atoms with Gasteiger partial charge in [-0.05, 0) is 110 Å². The topological polar surface area (TPSA) is 46.5 Å². The summed E-state index contributed by atoms with van der Waals surface area (Å²) in [6.07, 6.45) is 11.4. The van der Waals surface area contributed by atoms with Crippen LogP contribution in [0.4, 0.5) is 0 Å². The summed E-state index contributed by atoms with van der Waals surface area (Å²) in [5.74, 6) is 2.74. The van der Waals surface area contributed by atoms with E-state index in [2.05, 4.69) is 61.5 Å². The van der Waals surface area contributed by atoms with E-state index >= 15 is 0 Å². The van der Waals surface area contributed by atoms with Crippen molar-refractivity contribution in [3.8, 4) is 0 Å². The lowest BCUT2D eigenvalue weighted by Gasteiger charge is -2.74. The molecule has 0 aromatic rings. The normalized spacial score (nSPS) is 54.9. The van der Waals surface area contributed by atoms with Gasteiger partial charge >= 0.3 is 5.97 Å². The highest BCUT2D eigenvalue weighted by molar-refractivity contribution is 5.66. The maximum atomic E-state index is 12.0. The quantitative estimate of drug-likeness (QED) is 0.308. The van der Waals surface area contributed by atoms with Gasteiger partial charge in [-0.3, -0.25) is 4.79 Å². The highest BCUT2D eigenvalue weighted by atomic mass is 16.5. The second-order valence-electron chi connectivity index (χ2n) is 15.4. The first-order chi connectivity index (χ1) is 16.1. The number of carbonyl (C=O) groups excluding carboxylic acids is 1. The molecule has 0 aliphatic heterocycles. The lowest BCUT2D eigenvalue weighted by atomic mass is 9.31. The van der Waals surface area contributed by atoms with Gasteiger partial charge in [-0.15, -0.1) is 0 Å². The maximum absolute atomic E-state index is 12.0. The summed E-state index contributed by atoms with van der Waals surface area (Å²) in [7, 11) is 0. The fourth-order valence-corrected chi connectivity index (χ4v) is 11.8. The smallest absolute Gasteiger partial charge is 0.302 e. The average Bonchev–Trinajstić information content (AvgIpc) is 2.74. The first kappa shape index (κ1) is 25.8. The molecule has 5 rings (SSSR count). The standard InChI is InChI=1S/C32H52O3/c1-19-12-14-29(6)16-17-31(8)22(26(29)20(19)2)10-11-24-30(7)15-13-25(35-21(3)33)28(4,5)27(30)23(34)18-32(24,31)9/h12,20,22-27,34H,10-11,13-18H2,1-9H3/t20-,22-,23-,24-,25-,26+,27-,29-,30-,31-,32-/m1/s1. The van der Waals surface area contributed by atoms with Crippen LogP contribution in [0.2, 0.25) is 0 Å². The number of carbonyl (C=O) groups is 1. The average molecular weight is 485 g/mol. The van der Waals surface area contributed by atoms with Gasteiger partial charge in [-0.1, -0.05) is 60.1 Å². The molecule has 35 heavy (non-hydrogen) atoms. The van der Waals surface area contributed by atoms with E-state index in [1.807, 2.05) is 0 Å². The summed E-state index contributed by atoms with van der Waals surface area (Å²) in [4.78, 5) is 11.9. The van der Waals surface area contributed by atoms with E-state index in [1.165, 1.54) is 39.0 Å². The molecule has 5 aliphatic carbocycles. The largest absolute Gasteiger partial charge is 0.462 e. The number of allylic oxidation sites excluding steroid dienone is 2. The van der Waals surface area contributed by atoms with E-state index in [0.29, 0.717) is 17.3 Å². The van der Waals surface area contributed by atoms with E-state index in [4.69, 9.17) is 4.74 Å². The van der Waals surface area contributed by atoms with Crippen LogP contribution in [0.3, 0.4) is 0 Å². The third-order valence-corrected chi connectivity index (χ3v) is 13.7. The van der Waals surface area contributed by atoms with Gasteiger partial charge in [-0.2, -0.15) is 0 Å². The fraction of sp³-hybridized carbons (Fsp3) is 0.906. The monoisotopic (exact) mass is 484 g/mol. The lowest BCUT2D eigenvalue weighted by Crippen LogP contribution is -2.70. The number of hydrogen-bond acceptors (Lipinski definition) is 3. The van der Waals surface area contributed by atoms with Crippen molar-refractivity contribution < 1.29 is 14.6 Å². The molecule has 4 saturated carbocycles. The second kappa shape index (κ2) is 7.84. The summed E-state index contributed by atoms with van der Waals surface area (Å²) in [5.41, 5.74) is 2.29. The Bertz CT molecular complexity index is 920. The van der Waals surface area contributed by atoms with Gasteiger partial charge in [-0.25, -0.2) is 0 Å². The summed E-state index contributed by atoms with van der Waals surface area (Å²) < 4.78 is 5.85. The summed E-state index contributed by atoms with van der Waals surface area (Å²) >= 11 is 0. The molecule has 198 valence electrons. The molecule has 0 amide bonds. The zero-order valence-corrected chi connectivity index (χ0v) is 24.0. The molecule has 0 spiro atoms. The van der Waals surface area contributed by atoms with Gasteiger partial charge in [0.25, 0.3) is 0 Å². The van der Waals surface area contributed by atoms with Crippen molar-refractivity contribution in [3.63, 3.8) is 0 Å². The Morgan fingerprint density at radius 2 is 1.69 bits per heavy atom. The van der Waals surface area contributed by atoms with E-state index in [0.717, 1.165) is 31.1 Å². The van der Waals surface area contributed by atoms with Gasteiger partial charge in [0, 0.05) is 12.3 Å². The van der Waals surface area contributed by atoms with Crippen molar-refractivity contribution in [1.29, 1.82) is 0 Å². The Morgan fingerprint density at radius 3 is 2.34 bits per heavy atom. The molecule has 4 fully saturated rings. The van der Waals surface area contributed by atoms with Crippen LogP contribution in [-0.2, 0) is 9.53 Å². The molecule has 0 heterocycles. The Labute approximate surface area is 214 Å². The molecule has 0 aromatic heterocycles. The van der Waals surface area contributed by atoms with E-state index < -0.39 is 0 Å². The van der Waals surface area contributed by atoms with E-state index in [9.17, 15) is 9.90 Å². The minimum atomic E-state index is -0.344. The van der Waals surface area contributed by atoms with Gasteiger partial charge in [0.2, 0.25) is 0 Å². The van der Waals surface area contributed by atoms with E-state index in [1.54, 1.807) is 5.57 Å². The van der Waals surface area contributed by atoms with Crippen molar-refractivity contribution >= 4 is 5.97 Å². The second-order valence-corrected chi connectivity index (χ2v) is 15.4. The Balaban J connectivity index is 1.54. The molecule has 0 saturated heterocycles. The maximum Gasteiger partial charge on any atom is 0.302 e. The van der Waals surface area contributed by atoms with Crippen LogP contribution in [0.5, 0.6) is 0 Å². The summed E-state index contributed by atoms with van der Waals surface area (Å²) in [6, 6.07) is 0.